The highest BCUT2D eigenvalue weighted by molar-refractivity contribution is 9.10. The van der Waals surface area contributed by atoms with Crippen molar-refractivity contribution in [1.82, 2.24) is 5.32 Å². The maximum atomic E-state index is 6.07. The molecular weight excluding hydrogens is 458 g/mol. The van der Waals surface area contributed by atoms with E-state index in [-0.39, 0.29) is 19.2 Å². The van der Waals surface area contributed by atoms with Crippen molar-refractivity contribution in [2.45, 2.75) is 51.3 Å². The summed E-state index contributed by atoms with van der Waals surface area (Å²) in [5, 5.41) is 3.67. The molecule has 0 unspecified atom stereocenters. The first-order chi connectivity index (χ1) is 13.7. The van der Waals surface area contributed by atoms with Gasteiger partial charge in [0, 0.05) is 12.6 Å². The van der Waals surface area contributed by atoms with Crippen molar-refractivity contribution in [3.8, 4) is 23.0 Å². The van der Waals surface area contributed by atoms with Crippen molar-refractivity contribution < 1.29 is 18.9 Å². The zero-order valence-corrected chi connectivity index (χ0v) is 18.9. The predicted molar refractivity (Wildman–Crippen MR) is 119 cm³/mol. The Morgan fingerprint density at radius 3 is 2.62 bits per heavy atom. The zero-order valence-electron chi connectivity index (χ0n) is 16.5. The Bertz CT molecular complexity index is 827. The van der Waals surface area contributed by atoms with Gasteiger partial charge in [0.05, 0.1) is 11.6 Å². The van der Waals surface area contributed by atoms with Crippen LogP contribution < -0.4 is 24.3 Å². The molecule has 0 spiro atoms. The van der Waals surface area contributed by atoms with E-state index in [2.05, 4.69) is 33.4 Å². The standard InChI is InChI=1S/C22H26BrNO4.ClH/c1-25-21-11-16(12-24-17-5-3-2-4-6-17)9-18(23)22(21)26-13-15-7-8-19-20(10-15)28-14-27-19;/h7-11,17,24H,2-6,12-14H2,1H3;1H. The Hall–Kier alpha value is -1.63. The third-order valence-corrected chi connectivity index (χ3v) is 5.90. The van der Waals surface area contributed by atoms with Crippen LogP contribution in [-0.4, -0.2) is 19.9 Å². The number of methoxy groups -OCH3 is 1. The maximum Gasteiger partial charge on any atom is 0.231 e. The first kappa shape index (κ1) is 22.1. The fraction of sp³-hybridized carbons (Fsp3) is 0.455. The fourth-order valence-electron chi connectivity index (χ4n) is 3.77. The van der Waals surface area contributed by atoms with E-state index < -0.39 is 0 Å². The molecule has 0 radical (unpaired) electrons. The molecule has 7 heteroatoms. The molecule has 2 aromatic carbocycles. The van der Waals surface area contributed by atoms with Crippen LogP contribution in [0.2, 0.25) is 0 Å². The predicted octanol–water partition coefficient (Wildman–Crippen LogP) is 5.61. The summed E-state index contributed by atoms with van der Waals surface area (Å²) in [6, 6.07) is 10.6. The van der Waals surface area contributed by atoms with Crippen LogP contribution in [0.25, 0.3) is 0 Å². The molecule has 5 nitrogen and oxygen atoms in total. The van der Waals surface area contributed by atoms with Crippen LogP contribution in [-0.2, 0) is 13.2 Å². The number of hydrogen-bond acceptors (Lipinski definition) is 5. The van der Waals surface area contributed by atoms with E-state index in [4.69, 9.17) is 18.9 Å². The minimum atomic E-state index is 0. The number of benzene rings is 2. The number of fused-ring (bicyclic) bond motifs is 1. The zero-order chi connectivity index (χ0) is 19.3. The van der Waals surface area contributed by atoms with Gasteiger partial charge in [-0.15, -0.1) is 12.4 Å². The normalized spacial score (nSPS) is 15.7. The monoisotopic (exact) mass is 483 g/mol. The topological polar surface area (TPSA) is 49.0 Å². The van der Waals surface area contributed by atoms with E-state index in [0.29, 0.717) is 18.4 Å². The molecule has 1 heterocycles. The van der Waals surface area contributed by atoms with Crippen LogP contribution >= 0.6 is 28.3 Å². The number of nitrogens with one attached hydrogen (secondary N) is 1. The Morgan fingerprint density at radius 1 is 1.03 bits per heavy atom. The van der Waals surface area contributed by atoms with Gasteiger partial charge < -0.3 is 24.3 Å². The number of ether oxygens (including phenoxy) is 4. The molecule has 1 aliphatic carbocycles. The molecule has 0 atom stereocenters. The van der Waals surface area contributed by atoms with Crippen LogP contribution in [0.15, 0.2) is 34.8 Å². The molecule has 1 saturated carbocycles. The van der Waals surface area contributed by atoms with Crippen LogP contribution in [0.3, 0.4) is 0 Å². The molecule has 0 amide bonds. The quantitative estimate of drug-likeness (QED) is 0.553. The second-order valence-electron chi connectivity index (χ2n) is 7.30. The van der Waals surface area contributed by atoms with Gasteiger partial charge in [0.15, 0.2) is 23.0 Å². The highest BCUT2D eigenvalue weighted by Crippen LogP contribution is 2.38. The molecule has 2 aromatic rings. The first-order valence-electron chi connectivity index (χ1n) is 9.84. The van der Waals surface area contributed by atoms with E-state index in [1.807, 2.05) is 18.2 Å². The summed E-state index contributed by atoms with van der Waals surface area (Å²) in [6.45, 7) is 1.53. The summed E-state index contributed by atoms with van der Waals surface area (Å²) in [6.07, 6.45) is 6.58. The molecular formula is C22H27BrClNO4. The average Bonchev–Trinajstić information content (AvgIpc) is 3.19. The van der Waals surface area contributed by atoms with Gasteiger partial charge in [0.25, 0.3) is 0 Å². The minimum absolute atomic E-state index is 0. The molecule has 158 valence electrons. The van der Waals surface area contributed by atoms with Gasteiger partial charge in [-0.05, 0) is 64.2 Å². The summed E-state index contributed by atoms with van der Waals surface area (Å²) in [4.78, 5) is 0. The van der Waals surface area contributed by atoms with Gasteiger partial charge in [-0.3, -0.25) is 0 Å². The van der Waals surface area contributed by atoms with E-state index >= 15 is 0 Å². The molecule has 1 fully saturated rings. The van der Waals surface area contributed by atoms with Gasteiger partial charge in [0.1, 0.15) is 6.61 Å². The van der Waals surface area contributed by atoms with Crippen molar-refractivity contribution in [1.29, 1.82) is 0 Å². The lowest BCUT2D eigenvalue weighted by molar-refractivity contribution is 0.174. The Morgan fingerprint density at radius 2 is 1.83 bits per heavy atom. The minimum Gasteiger partial charge on any atom is -0.493 e. The Kier molecular flexibility index (Phi) is 7.92. The van der Waals surface area contributed by atoms with Crippen molar-refractivity contribution in [3.63, 3.8) is 0 Å². The molecule has 1 aliphatic heterocycles. The number of halogens is 2. The molecule has 0 bridgehead atoms. The highest BCUT2D eigenvalue weighted by Gasteiger charge is 2.17. The molecule has 0 aromatic heterocycles. The summed E-state index contributed by atoms with van der Waals surface area (Å²) in [7, 11) is 1.67. The van der Waals surface area contributed by atoms with Gasteiger partial charge in [-0.2, -0.15) is 0 Å². The summed E-state index contributed by atoms with van der Waals surface area (Å²) in [5.41, 5.74) is 2.20. The van der Waals surface area contributed by atoms with Crippen molar-refractivity contribution >= 4 is 28.3 Å². The van der Waals surface area contributed by atoms with Gasteiger partial charge >= 0.3 is 0 Å². The third-order valence-electron chi connectivity index (χ3n) is 5.31. The lowest BCUT2D eigenvalue weighted by Crippen LogP contribution is -2.30. The Balaban J connectivity index is 0.00000240. The van der Waals surface area contributed by atoms with Crippen LogP contribution in [0.5, 0.6) is 23.0 Å². The van der Waals surface area contributed by atoms with Crippen molar-refractivity contribution in [2.75, 3.05) is 13.9 Å². The molecule has 4 rings (SSSR count). The summed E-state index contributed by atoms with van der Waals surface area (Å²) < 4.78 is 23.3. The van der Waals surface area contributed by atoms with Crippen LogP contribution in [0.1, 0.15) is 43.2 Å². The van der Waals surface area contributed by atoms with Gasteiger partial charge in [0.2, 0.25) is 6.79 Å². The molecule has 0 saturated heterocycles. The van der Waals surface area contributed by atoms with Crippen LogP contribution in [0.4, 0.5) is 0 Å². The van der Waals surface area contributed by atoms with E-state index in [0.717, 1.165) is 33.8 Å². The van der Waals surface area contributed by atoms with Crippen molar-refractivity contribution in [3.05, 3.63) is 45.9 Å². The lowest BCUT2D eigenvalue weighted by Gasteiger charge is -2.23. The Labute approximate surface area is 186 Å². The van der Waals surface area contributed by atoms with Gasteiger partial charge in [-0.1, -0.05) is 25.3 Å². The van der Waals surface area contributed by atoms with Crippen molar-refractivity contribution in [2.24, 2.45) is 0 Å². The summed E-state index contributed by atoms with van der Waals surface area (Å²) in [5.74, 6) is 2.98. The maximum absolute atomic E-state index is 6.07. The SMILES string of the molecule is COc1cc(CNC2CCCCC2)cc(Br)c1OCc1ccc2c(c1)OCO2.Cl. The molecule has 29 heavy (non-hydrogen) atoms. The molecule has 1 N–H and O–H groups in total. The number of hydrogen-bond donors (Lipinski definition) is 1. The van der Waals surface area contributed by atoms with Crippen LogP contribution in [0, 0.1) is 0 Å². The largest absolute Gasteiger partial charge is 0.493 e. The second kappa shape index (κ2) is 10.4. The molecule has 2 aliphatic rings. The average molecular weight is 485 g/mol. The van der Waals surface area contributed by atoms with Gasteiger partial charge in [-0.25, -0.2) is 0 Å². The fourth-order valence-corrected chi connectivity index (χ4v) is 4.37. The van der Waals surface area contributed by atoms with E-state index in [1.165, 1.54) is 37.7 Å². The van der Waals surface area contributed by atoms with E-state index in [9.17, 15) is 0 Å². The second-order valence-corrected chi connectivity index (χ2v) is 8.16. The third kappa shape index (κ3) is 5.50. The summed E-state index contributed by atoms with van der Waals surface area (Å²) >= 11 is 3.65. The highest BCUT2D eigenvalue weighted by atomic mass is 79.9. The first-order valence-corrected chi connectivity index (χ1v) is 10.6. The lowest BCUT2D eigenvalue weighted by atomic mass is 9.95. The number of rotatable bonds is 7. The smallest absolute Gasteiger partial charge is 0.231 e. The van der Waals surface area contributed by atoms with E-state index in [1.54, 1.807) is 7.11 Å².